The van der Waals surface area contributed by atoms with Gasteiger partial charge in [0.15, 0.2) is 0 Å². The van der Waals surface area contributed by atoms with E-state index in [2.05, 4.69) is 9.97 Å². The maximum atomic E-state index is 12.4. The minimum Gasteiger partial charge on any atom is -0.338 e. The zero-order valence-corrected chi connectivity index (χ0v) is 7.25. The highest BCUT2D eigenvalue weighted by atomic mass is 19.1. The third-order valence-corrected chi connectivity index (χ3v) is 2.06. The maximum Gasteiger partial charge on any atom is 0.272 e. The molecule has 0 radical (unpaired) electrons. The van der Waals surface area contributed by atoms with Gasteiger partial charge in [-0.15, -0.1) is 0 Å². The van der Waals surface area contributed by atoms with E-state index in [4.69, 9.17) is 0 Å². The van der Waals surface area contributed by atoms with Gasteiger partial charge in [0.1, 0.15) is 17.7 Å². The van der Waals surface area contributed by atoms with E-state index in [1.165, 1.54) is 11.1 Å². The lowest BCUT2D eigenvalue weighted by Crippen LogP contribution is -2.51. The van der Waals surface area contributed by atoms with E-state index in [1.807, 2.05) is 0 Å². The second-order valence-electron chi connectivity index (χ2n) is 3.19. The number of aromatic nitrogens is 2. The van der Waals surface area contributed by atoms with Crippen molar-refractivity contribution in [3.63, 3.8) is 0 Å². The highest BCUT2D eigenvalue weighted by Crippen LogP contribution is 2.14. The van der Waals surface area contributed by atoms with Crippen LogP contribution in [0.4, 0.5) is 4.39 Å². The molecule has 1 saturated heterocycles. The monoisotopic (exact) mass is 183 g/mol. The summed E-state index contributed by atoms with van der Waals surface area (Å²) < 4.78 is 12.4. The van der Waals surface area contributed by atoms with Gasteiger partial charge < -0.3 is 9.88 Å². The third kappa shape index (κ3) is 1.41. The fraction of sp³-hybridized carbons (Fsp3) is 0.500. The quantitative estimate of drug-likeness (QED) is 0.689. The molecule has 0 unspecified atom stereocenters. The number of nitrogens with zero attached hydrogens (tertiary/aromatic N) is 2. The number of hydrogen-bond donors (Lipinski definition) is 1. The fourth-order valence-electron chi connectivity index (χ4n) is 1.29. The number of imidazole rings is 1. The maximum absolute atomic E-state index is 12.4. The van der Waals surface area contributed by atoms with Crippen molar-refractivity contribution in [1.82, 2.24) is 14.9 Å². The van der Waals surface area contributed by atoms with E-state index < -0.39 is 6.17 Å². The van der Waals surface area contributed by atoms with Gasteiger partial charge in [-0.2, -0.15) is 0 Å². The normalized spacial score (nSPS) is 17.2. The molecule has 13 heavy (non-hydrogen) atoms. The Hall–Kier alpha value is -1.39. The van der Waals surface area contributed by atoms with Crippen molar-refractivity contribution in [2.45, 2.75) is 13.1 Å². The minimum atomic E-state index is -0.854. The molecule has 70 valence electrons. The number of aryl methyl sites for hydroxylation is 1. The number of halogens is 1. The van der Waals surface area contributed by atoms with Gasteiger partial charge in [-0.25, -0.2) is 9.37 Å². The van der Waals surface area contributed by atoms with Crippen LogP contribution in [0.1, 0.15) is 16.3 Å². The molecule has 1 aliphatic heterocycles. The van der Waals surface area contributed by atoms with Gasteiger partial charge in [-0.1, -0.05) is 0 Å². The van der Waals surface area contributed by atoms with Crippen LogP contribution in [0.5, 0.6) is 0 Å². The molecule has 1 aromatic rings. The van der Waals surface area contributed by atoms with Gasteiger partial charge >= 0.3 is 0 Å². The Morgan fingerprint density at radius 3 is 2.92 bits per heavy atom. The van der Waals surface area contributed by atoms with Gasteiger partial charge in [-0.05, 0) is 6.92 Å². The second kappa shape index (κ2) is 2.83. The number of H-pyrrole nitrogens is 1. The smallest absolute Gasteiger partial charge is 0.272 e. The standard InChI is InChI=1S/C8H10FN3O/c1-5-10-2-7(11-5)8(13)12-3-6(9)4-12/h2,6H,3-4H2,1H3,(H,10,11). The molecule has 2 rings (SSSR count). The SMILES string of the molecule is Cc1ncc(C(=O)N2CC(F)C2)[nH]1. The Morgan fingerprint density at radius 2 is 2.46 bits per heavy atom. The molecule has 2 heterocycles. The van der Waals surface area contributed by atoms with Crippen molar-refractivity contribution in [1.29, 1.82) is 0 Å². The van der Waals surface area contributed by atoms with Crippen LogP contribution in [0, 0.1) is 6.92 Å². The Kier molecular flexibility index (Phi) is 1.79. The molecular formula is C8H10FN3O. The average molecular weight is 183 g/mol. The van der Waals surface area contributed by atoms with Crippen LogP contribution in [0.3, 0.4) is 0 Å². The zero-order valence-electron chi connectivity index (χ0n) is 7.25. The van der Waals surface area contributed by atoms with Crippen LogP contribution in [0.15, 0.2) is 6.20 Å². The molecule has 4 nitrogen and oxygen atoms in total. The molecular weight excluding hydrogens is 173 g/mol. The van der Waals surface area contributed by atoms with Gasteiger partial charge in [-0.3, -0.25) is 4.79 Å². The first-order valence-corrected chi connectivity index (χ1v) is 4.12. The summed E-state index contributed by atoms with van der Waals surface area (Å²) in [6.45, 7) is 2.18. The molecule has 1 N–H and O–H groups in total. The summed E-state index contributed by atoms with van der Waals surface area (Å²) in [5.41, 5.74) is 0.435. The van der Waals surface area contributed by atoms with Gasteiger partial charge in [0, 0.05) is 0 Å². The molecule has 0 spiro atoms. The van der Waals surface area contributed by atoms with E-state index in [9.17, 15) is 9.18 Å². The highest BCUT2D eigenvalue weighted by Gasteiger charge is 2.31. The molecule has 1 fully saturated rings. The Balaban J connectivity index is 2.06. The molecule has 0 bridgehead atoms. The van der Waals surface area contributed by atoms with Crippen LogP contribution in [0.2, 0.25) is 0 Å². The summed E-state index contributed by atoms with van der Waals surface area (Å²) >= 11 is 0. The molecule has 0 aliphatic carbocycles. The summed E-state index contributed by atoms with van der Waals surface area (Å²) in [6, 6.07) is 0. The summed E-state index contributed by atoms with van der Waals surface area (Å²) in [4.78, 5) is 19.6. The van der Waals surface area contributed by atoms with Crippen LogP contribution >= 0.6 is 0 Å². The van der Waals surface area contributed by atoms with Crippen molar-refractivity contribution in [2.24, 2.45) is 0 Å². The summed E-state index contributed by atoms with van der Waals surface area (Å²) in [7, 11) is 0. The summed E-state index contributed by atoms with van der Waals surface area (Å²) in [5.74, 6) is 0.523. The van der Waals surface area contributed by atoms with Crippen molar-refractivity contribution >= 4 is 5.91 Å². The Bertz CT molecular complexity index is 330. The van der Waals surface area contributed by atoms with Crippen LogP contribution in [-0.2, 0) is 0 Å². The summed E-state index contributed by atoms with van der Waals surface area (Å²) in [6.07, 6.45) is 0.622. The number of rotatable bonds is 1. The number of carbonyl (C=O) groups excluding carboxylic acids is 1. The minimum absolute atomic E-state index is 0.172. The second-order valence-corrected chi connectivity index (χ2v) is 3.19. The number of carbonyl (C=O) groups is 1. The molecule has 1 amide bonds. The van der Waals surface area contributed by atoms with E-state index >= 15 is 0 Å². The molecule has 0 saturated carbocycles. The third-order valence-electron chi connectivity index (χ3n) is 2.06. The summed E-state index contributed by atoms with van der Waals surface area (Å²) in [5, 5.41) is 0. The average Bonchev–Trinajstić information content (AvgIpc) is 2.45. The highest BCUT2D eigenvalue weighted by molar-refractivity contribution is 5.92. The molecule has 5 heteroatoms. The number of aromatic amines is 1. The number of amides is 1. The largest absolute Gasteiger partial charge is 0.338 e. The first-order valence-electron chi connectivity index (χ1n) is 4.12. The molecule has 1 aromatic heterocycles. The number of nitrogens with one attached hydrogen (secondary N) is 1. The lowest BCUT2D eigenvalue weighted by molar-refractivity contribution is 0.0395. The first-order chi connectivity index (χ1) is 6.16. The van der Waals surface area contributed by atoms with Gasteiger partial charge in [0.2, 0.25) is 0 Å². The topological polar surface area (TPSA) is 49.0 Å². The van der Waals surface area contributed by atoms with Crippen molar-refractivity contribution in [3.05, 3.63) is 17.7 Å². The predicted octanol–water partition coefficient (Wildman–Crippen LogP) is 0.512. The van der Waals surface area contributed by atoms with Crippen molar-refractivity contribution in [2.75, 3.05) is 13.1 Å². The molecule has 0 atom stereocenters. The Labute approximate surface area is 74.8 Å². The van der Waals surface area contributed by atoms with E-state index in [0.717, 1.165) is 0 Å². The van der Waals surface area contributed by atoms with Crippen molar-refractivity contribution in [3.8, 4) is 0 Å². The first kappa shape index (κ1) is 8.22. The van der Waals surface area contributed by atoms with Crippen LogP contribution in [0.25, 0.3) is 0 Å². The van der Waals surface area contributed by atoms with E-state index in [-0.39, 0.29) is 19.0 Å². The number of likely N-dealkylation sites (tertiary alicyclic amines) is 1. The van der Waals surface area contributed by atoms with Crippen molar-refractivity contribution < 1.29 is 9.18 Å². The van der Waals surface area contributed by atoms with E-state index in [1.54, 1.807) is 6.92 Å². The van der Waals surface area contributed by atoms with Crippen LogP contribution < -0.4 is 0 Å². The lowest BCUT2D eigenvalue weighted by atomic mass is 10.2. The molecule has 1 aliphatic rings. The van der Waals surface area contributed by atoms with Gasteiger partial charge in [0.25, 0.3) is 5.91 Å². The Morgan fingerprint density at radius 1 is 1.77 bits per heavy atom. The number of alkyl halides is 1. The van der Waals surface area contributed by atoms with E-state index in [0.29, 0.717) is 11.5 Å². The number of hydrogen-bond acceptors (Lipinski definition) is 2. The fourth-order valence-corrected chi connectivity index (χ4v) is 1.29. The lowest BCUT2D eigenvalue weighted by Gasteiger charge is -2.33. The predicted molar refractivity (Wildman–Crippen MR) is 44.1 cm³/mol. The molecule has 0 aromatic carbocycles. The van der Waals surface area contributed by atoms with Crippen LogP contribution in [-0.4, -0.2) is 40.0 Å². The zero-order chi connectivity index (χ0) is 9.42. The van der Waals surface area contributed by atoms with Gasteiger partial charge in [0.05, 0.1) is 19.3 Å².